The Labute approximate surface area is 168 Å². The number of nitrogens with one attached hydrogen (secondary N) is 1. The number of amides is 1. The number of benzene rings is 2. The van der Waals surface area contributed by atoms with Crippen LogP contribution >= 0.6 is 11.6 Å². The predicted octanol–water partition coefficient (Wildman–Crippen LogP) is 4.93. The maximum absolute atomic E-state index is 13.0. The van der Waals surface area contributed by atoms with E-state index in [-0.39, 0.29) is 17.8 Å². The van der Waals surface area contributed by atoms with Gasteiger partial charge < -0.3 is 9.73 Å². The molecule has 28 heavy (non-hydrogen) atoms. The van der Waals surface area contributed by atoms with E-state index in [9.17, 15) is 9.18 Å². The highest BCUT2D eigenvalue weighted by Gasteiger charge is 2.24. The maximum atomic E-state index is 13.0. The first-order chi connectivity index (χ1) is 13.5. The van der Waals surface area contributed by atoms with Crippen LogP contribution in [0.3, 0.4) is 0 Å². The largest absolute Gasteiger partial charge is 0.451 e. The van der Waals surface area contributed by atoms with Gasteiger partial charge in [-0.1, -0.05) is 23.7 Å². The zero-order valence-corrected chi connectivity index (χ0v) is 16.4. The molecule has 1 amide bonds. The van der Waals surface area contributed by atoms with Gasteiger partial charge >= 0.3 is 0 Å². The quantitative estimate of drug-likeness (QED) is 0.675. The van der Waals surface area contributed by atoms with Crippen LogP contribution in [0.2, 0.25) is 5.02 Å². The van der Waals surface area contributed by atoms with Crippen molar-refractivity contribution >= 4 is 28.5 Å². The smallest absolute Gasteiger partial charge is 0.287 e. The van der Waals surface area contributed by atoms with Crippen LogP contribution in [0.4, 0.5) is 4.39 Å². The summed E-state index contributed by atoms with van der Waals surface area (Å²) >= 11 is 6.05. The lowest BCUT2D eigenvalue weighted by molar-refractivity contribution is 0.0882. The van der Waals surface area contributed by atoms with Gasteiger partial charge in [0.1, 0.15) is 11.4 Å². The number of likely N-dealkylation sites (tertiary alicyclic amines) is 1. The topological polar surface area (TPSA) is 45.5 Å². The van der Waals surface area contributed by atoms with Crippen LogP contribution < -0.4 is 5.32 Å². The highest BCUT2D eigenvalue weighted by molar-refractivity contribution is 6.31. The molecule has 146 valence electrons. The van der Waals surface area contributed by atoms with Gasteiger partial charge in [-0.15, -0.1) is 0 Å². The van der Waals surface area contributed by atoms with Crippen molar-refractivity contribution in [3.63, 3.8) is 0 Å². The molecule has 1 aromatic heterocycles. The SMILES string of the molecule is Cc1c(C(=O)NC2CCN(Cc3ccc(F)cc3)CC2)oc2ccc(Cl)cc12. The third-order valence-electron chi connectivity index (χ3n) is 5.35. The zero-order chi connectivity index (χ0) is 19.7. The normalized spacial score (nSPS) is 15.8. The second-order valence-corrected chi connectivity index (χ2v) is 7.78. The summed E-state index contributed by atoms with van der Waals surface area (Å²) in [5, 5.41) is 4.59. The first kappa shape index (κ1) is 19.0. The number of carbonyl (C=O) groups is 1. The van der Waals surface area contributed by atoms with Gasteiger partial charge in [0.2, 0.25) is 0 Å². The third kappa shape index (κ3) is 4.05. The van der Waals surface area contributed by atoms with Gasteiger partial charge in [-0.3, -0.25) is 9.69 Å². The van der Waals surface area contributed by atoms with Crippen molar-refractivity contribution in [1.82, 2.24) is 10.2 Å². The fraction of sp³-hybridized carbons (Fsp3) is 0.318. The number of hydrogen-bond acceptors (Lipinski definition) is 3. The summed E-state index contributed by atoms with van der Waals surface area (Å²) < 4.78 is 18.8. The highest BCUT2D eigenvalue weighted by Crippen LogP contribution is 2.28. The molecule has 0 bridgehead atoms. The third-order valence-corrected chi connectivity index (χ3v) is 5.58. The van der Waals surface area contributed by atoms with Gasteiger partial charge in [0.05, 0.1) is 0 Å². The second-order valence-electron chi connectivity index (χ2n) is 7.35. The van der Waals surface area contributed by atoms with Crippen LogP contribution in [0, 0.1) is 12.7 Å². The molecular formula is C22H22ClFN2O2. The molecule has 4 rings (SSSR count). The maximum Gasteiger partial charge on any atom is 0.287 e. The Morgan fingerprint density at radius 1 is 1.21 bits per heavy atom. The number of halogens is 2. The molecule has 0 radical (unpaired) electrons. The molecule has 0 atom stereocenters. The van der Waals surface area contributed by atoms with Gasteiger partial charge in [0.25, 0.3) is 5.91 Å². The van der Waals surface area contributed by atoms with Crippen molar-refractivity contribution in [2.45, 2.75) is 32.4 Å². The first-order valence-electron chi connectivity index (χ1n) is 9.46. The molecule has 0 spiro atoms. The molecule has 1 N–H and O–H groups in total. The molecular weight excluding hydrogens is 379 g/mol. The lowest BCUT2D eigenvalue weighted by atomic mass is 10.0. The lowest BCUT2D eigenvalue weighted by Gasteiger charge is -2.32. The minimum atomic E-state index is -0.215. The molecule has 6 heteroatoms. The van der Waals surface area contributed by atoms with Crippen molar-refractivity contribution in [3.05, 3.63) is 70.2 Å². The Kier molecular flexibility index (Phi) is 5.38. The zero-order valence-electron chi connectivity index (χ0n) is 15.7. The van der Waals surface area contributed by atoms with Crippen molar-refractivity contribution in [1.29, 1.82) is 0 Å². The van der Waals surface area contributed by atoms with Crippen molar-refractivity contribution in [2.24, 2.45) is 0 Å². The fourth-order valence-corrected chi connectivity index (χ4v) is 3.92. The summed E-state index contributed by atoms with van der Waals surface area (Å²) in [4.78, 5) is 15.0. The predicted molar refractivity (Wildman–Crippen MR) is 108 cm³/mol. The van der Waals surface area contributed by atoms with E-state index in [2.05, 4.69) is 10.2 Å². The van der Waals surface area contributed by atoms with Crippen LogP contribution in [0.1, 0.15) is 34.5 Å². The Morgan fingerprint density at radius 2 is 1.93 bits per heavy atom. The molecule has 1 saturated heterocycles. The van der Waals surface area contributed by atoms with Crippen LogP contribution in [-0.4, -0.2) is 29.9 Å². The summed E-state index contributed by atoms with van der Waals surface area (Å²) in [6, 6.07) is 12.1. The molecule has 2 heterocycles. The summed E-state index contributed by atoms with van der Waals surface area (Å²) in [5.74, 6) is -0.0406. The van der Waals surface area contributed by atoms with E-state index in [0.29, 0.717) is 16.4 Å². The van der Waals surface area contributed by atoms with Crippen LogP contribution in [0.5, 0.6) is 0 Å². The van der Waals surface area contributed by atoms with E-state index in [1.807, 2.05) is 25.1 Å². The van der Waals surface area contributed by atoms with Crippen molar-refractivity contribution in [3.8, 4) is 0 Å². The van der Waals surface area contributed by atoms with Gasteiger partial charge in [0.15, 0.2) is 5.76 Å². The molecule has 4 nitrogen and oxygen atoms in total. The van der Waals surface area contributed by atoms with E-state index in [4.69, 9.17) is 16.0 Å². The summed E-state index contributed by atoms with van der Waals surface area (Å²) in [5.41, 5.74) is 2.57. The van der Waals surface area contributed by atoms with Crippen molar-refractivity contribution < 1.29 is 13.6 Å². The van der Waals surface area contributed by atoms with E-state index in [1.165, 1.54) is 12.1 Å². The van der Waals surface area contributed by atoms with Crippen molar-refractivity contribution in [2.75, 3.05) is 13.1 Å². The van der Waals surface area contributed by atoms with E-state index in [0.717, 1.165) is 49.0 Å². The van der Waals surface area contributed by atoms with Gasteiger partial charge in [-0.05, 0) is 55.7 Å². The lowest BCUT2D eigenvalue weighted by Crippen LogP contribution is -2.44. The Morgan fingerprint density at radius 3 is 2.64 bits per heavy atom. The average molecular weight is 401 g/mol. The van der Waals surface area contributed by atoms with Gasteiger partial charge in [-0.2, -0.15) is 0 Å². The van der Waals surface area contributed by atoms with E-state index < -0.39 is 0 Å². The van der Waals surface area contributed by atoms with Gasteiger partial charge in [0, 0.05) is 41.6 Å². The summed E-state index contributed by atoms with van der Waals surface area (Å²) in [6.45, 7) is 4.45. The molecule has 3 aromatic rings. The van der Waals surface area contributed by atoms with E-state index >= 15 is 0 Å². The summed E-state index contributed by atoms with van der Waals surface area (Å²) in [7, 11) is 0. The summed E-state index contributed by atoms with van der Waals surface area (Å²) in [6.07, 6.45) is 1.75. The molecule has 0 saturated carbocycles. The highest BCUT2D eigenvalue weighted by atomic mass is 35.5. The number of rotatable bonds is 4. The second kappa shape index (κ2) is 7.94. The fourth-order valence-electron chi connectivity index (χ4n) is 3.74. The molecule has 2 aromatic carbocycles. The Balaban J connectivity index is 1.35. The number of aryl methyl sites for hydroxylation is 1. The Hall–Kier alpha value is -2.37. The molecule has 0 aliphatic carbocycles. The number of fused-ring (bicyclic) bond motifs is 1. The molecule has 1 fully saturated rings. The monoisotopic (exact) mass is 400 g/mol. The minimum absolute atomic E-state index is 0.119. The molecule has 0 unspecified atom stereocenters. The van der Waals surface area contributed by atoms with E-state index in [1.54, 1.807) is 12.1 Å². The number of furan rings is 1. The molecule has 1 aliphatic heterocycles. The number of hydrogen-bond donors (Lipinski definition) is 1. The van der Waals surface area contributed by atoms with Crippen LogP contribution in [0.15, 0.2) is 46.9 Å². The first-order valence-corrected chi connectivity index (χ1v) is 9.84. The van der Waals surface area contributed by atoms with Crippen LogP contribution in [-0.2, 0) is 6.54 Å². The van der Waals surface area contributed by atoms with Crippen LogP contribution in [0.25, 0.3) is 11.0 Å². The average Bonchev–Trinajstić information content (AvgIpc) is 3.01. The standard InChI is InChI=1S/C22H22ClFN2O2/c1-14-19-12-16(23)4-7-20(19)28-21(14)22(27)25-18-8-10-26(11-9-18)13-15-2-5-17(24)6-3-15/h2-7,12,18H,8-11,13H2,1H3,(H,25,27). The minimum Gasteiger partial charge on any atom is -0.451 e. The number of carbonyl (C=O) groups excluding carboxylic acids is 1. The van der Waals surface area contributed by atoms with Gasteiger partial charge in [-0.25, -0.2) is 4.39 Å². The number of piperidine rings is 1. The number of nitrogens with zero attached hydrogens (tertiary/aromatic N) is 1. The Bertz CT molecular complexity index is 992. The molecule has 1 aliphatic rings.